The minimum Gasteiger partial charge on any atom is -0.461 e. The van der Waals surface area contributed by atoms with Crippen molar-refractivity contribution in [3.8, 4) is 10.4 Å². The maximum atomic E-state index is 13.1. The van der Waals surface area contributed by atoms with Gasteiger partial charge in [0.15, 0.2) is 5.13 Å². The molecule has 0 radical (unpaired) electrons. The Morgan fingerprint density at radius 1 is 1.12 bits per heavy atom. The molecule has 0 aliphatic rings. The number of hydrogen-bond donors (Lipinski definition) is 1. The number of fused-ring (bicyclic) bond motifs is 1. The van der Waals surface area contributed by atoms with Crippen LogP contribution in [-0.4, -0.2) is 33.0 Å². The van der Waals surface area contributed by atoms with Gasteiger partial charge in [-0.2, -0.15) is 0 Å². The molecule has 0 fully saturated rings. The number of carbonyl (C=O) groups is 2. The smallest absolute Gasteiger partial charge is 0.350 e. The van der Waals surface area contributed by atoms with Crippen LogP contribution >= 0.6 is 22.7 Å². The van der Waals surface area contributed by atoms with Crippen LogP contribution in [0.4, 0.5) is 5.13 Å². The minimum absolute atomic E-state index is 0.212. The summed E-state index contributed by atoms with van der Waals surface area (Å²) < 4.78 is 6.60. The first-order valence-electron chi connectivity index (χ1n) is 10.7. The molecule has 0 unspecified atom stereocenters. The Labute approximate surface area is 204 Å². The number of aryl methyl sites for hydroxylation is 2. The van der Waals surface area contributed by atoms with Crippen LogP contribution in [-0.2, 0) is 16.1 Å². The van der Waals surface area contributed by atoms with E-state index in [9.17, 15) is 14.4 Å². The fourth-order valence-corrected chi connectivity index (χ4v) is 5.25. The highest BCUT2D eigenvalue weighted by Crippen LogP contribution is 2.31. The van der Waals surface area contributed by atoms with Crippen LogP contribution in [0.25, 0.3) is 20.7 Å². The van der Waals surface area contributed by atoms with Crippen molar-refractivity contribution in [2.45, 2.75) is 34.2 Å². The number of thiazole rings is 1. The van der Waals surface area contributed by atoms with Crippen molar-refractivity contribution in [1.82, 2.24) is 14.5 Å². The molecule has 0 aliphatic heterocycles. The second-order valence-electron chi connectivity index (χ2n) is 8.22. The third-order valence-corrected chi connectivity index (χ3v) is 7.11. The highest BCUT2D eigenvalue weighted by molar-refractivity contribution is 7.21. The van der Waals surface area contributed by atoms with E-state index in [1.54, 1.807) is 13.8 Å². The van der Waals surface area contributed by atoms with Crippen molar-refractivity contribution in [2.24, 2.45) is 5.92 Å². The van der Waals surface area contributed by atoms with Gasteiger partial charge in [0.2, 0.25) is 5.91 Å². The van der Waals surface area contributed by atoms with Crippen molar-refractivity contribution >= 4 is 49.9 Å². The number of nitrogens with one attached hydrogen (secondary N) is 1. The number of benzene rings is 1. The molecule has 3 heterocycles. The third kappa shape index (κ3) is 5.07. The zero-order valence-electron chi connectivity index (χ0n) is 19.2. The topological polar surface area (TPSA) is 103 Å². The van der Waals surface area contributed by atoms with Crippen LogP contribution in [0.3, 0.4) is 0 Å². The van der Waals surface area contributed by atoms with Gasteiger partial charge in [0, 0.05) is 4.88 Å². The van der Waals surface area contributed by atoms with E-state index >= 15 is 0 Å². The Balaban J connectivity index is 1.53. The molecule has 3 aromatic heterocycles. The first-order valence-corrected chi connectivity index (χ1v) is 12.4. The van der Waals surface area contributed by atoms with Gasteiger partial charge in [-0.3, -0.25) is 14.2 Å². The predicted octanol–water partition coefficient (Wildman–Crippen LogP) is 4.65. The largest absolute Gasteiger partial charge is 0.461 e. The van der Waals surface area contributed by atoms with E-state index < -0.39 is 11.9 Å². The summed E-state index contributed by atoms with van der Waals surface area (Å²) in [5, 5.41) is 3.43. The van der Waals surface area contributed by atoms with Gasteiger partial charge in [0.25, 0.3) is 5.56 Å². The fraction of sp³-hybridized carbons (Fsp3) is 0.292. The minimum atomic E-state index is -0.461. The van der Waals surface area contributed by atoms with E-state index in [-0.39, 0.29) is 23.2 Å². The number of nitrogens with zero attached hydrogens (tertiary/aromatic N) is 3. The molecule has 10 heteroatoms. The normalized spacial score (nSPS) is 11.2. The van der Waals surface area contributed by atoms with Crippen molar-refractivity contribution in [1.29, 1.82) is 0 Å². The number of anilines is 1. The summed E-state index contributed by atoms with van der Waals surface area (Å²) >= 11 is 2.50. The zero-order valence-corrected chi connectivity index (χ0v) is 20.9. The van der Waals surface area contributed by atoms with Gasteiger partial charge in [-0.25, -0.2) is 14.8 Å². The molecule has 0 spiro atoms. The van der Waals surface area contributed by atoms with Gasteiger partial charge in [-0.15, -0.1) is 11.3 Å². The second-order valence-corrected chi connectivity index (χ2v) is 10.2. The lowest BCUT2D eigenvalue weighted by atomic mass is 10.2. The SMILES string of the molecule is Cc1nc(NC(=O)Cn2c(C)nc3sc(-c4ccccc4)cc3c2=O)sc1C(=O)OCC(C)C. The third-order valence-electron chi connectivity index (χ3n) is 4.98. The number of thiophene rings is 1. The maximum Gasteiger partial charge on any atom is 0.350 e. The molecule has 0 bridgehead atoms. The van der Waals surface area contributed by atoms with E-state index in [0.29, 0.717) is 33.2 Å². The quantitative estimate of drug-likeness (QED) is 0.374. The highest BCUT2D eigenvalue weighted by Gasteiger charge is 2.20. The summed E-state index contributed by atoms with van der Waals surface area (Å²) in [6.07, 6.45) is 0. The van der Waals surface area contributed by atoms with Gasteiger partial charge in [0.1, 0.15) is 22.1 Å². The Morgan fingerprint density at radius 2 is 1.85 bits per heavy atom. The Hall–Kier alpha value is -3.37. The standard InChI is InChI=1S/C24H24N4O4S2/c1-13(2)12-32-23(31)20-14(3)25-24(34-20)27-19(29)11-28-15(4)26-21-17(22(28)30)10-18(33-21)16-8-6-5-7-9-16/h5-10,13H,11-12H2,1-4H3,(H,25,27,29). The lowest BCUT2D eigenvalue weighted by molar-refractivity contribution is -0.116. The van der Waals surface area contributed by atoms with Gasteiger partial charge >= 0.3 is 5.97 Å². The van der Waals surface area contributed by atoms with Crippen LogP contribution in [0.2, 0.25) is 0 Å². The van der Waals surface area contributed by atoms with Gasteiger partial charge in [-0.1, -0.05) is 55.5 Å². The van der Waals surface area contributed by atoms with Crippen LogP contribution in [0, 0.1) is 19.8 Å². The molecule has 4 rings (SSSR count). The number of esters is 1. The highest BCUT2D eigenvalue weighted by atomic mass is 32.1. The van der Waals surface area contributed by atoms with E-state index in [1.165, 1.54) is 15.9 Å². The first-order chi connectivity index (χ1) is 16.2. The van der Waals surface area contributed by atoms with Crippen molar-refractivity contribution in [2.75, 3.05) is 11.9 Å². The summed E-state index contributed by atoms with van der Waals surface area (Å²) in [6, 6.07) is 11.6. The molecule has 34 heavy (non-hydrogen) atoms. The van der Waals surface area contributed by atoms with E-state index in [0.717, 1.165) is 21.8 Å². The second kappa shape index (κ2) is 9.86. The molecule has 4 aromatic rings. The predicted molar refractivity (Wildman–Crippen MR) is 135 cm³/mol. The zero-order chi connectivity index (χ0) is 24.4. The summed E-state index contributed by atoms with van der Waals surface area (Å²) in [7, 11) is 0. The summed E-state index contributed by atoms with van der Waals surface area (Å²) in [5.74, 6) is -0.225. The molecule has 0 saturated heterocycles. The number of ether oxygens (including phenoxy) is 1. The fourth-order valence-electron chi connectivity index (χ4n) is 3.30. The maximum absolute atomic E-state index is 13.1. The number of aromatic nitrogens is 3. The Bertz CT molecular complexity index is 1420. The Morgan fingerprint density at radius 3 is 2.56 bits per heavy atom. The molecule has 1 amide bonds. The number of amides is 1. The van der Waals surface area contributed by atoms with Gasteiger partial charge in [0.05, 0.1) is 17.7 Å². The monoisotopic (exact) mass is 496 g/mol. The Kier molecular flexibility index (Phi) is 6.90. The molecule has 0 atom stereocenters. The first kappa shape index (κ1) is 23.8. The van der Waals surface area contributed by atoms with E-state index in [1.807, 2.05) is 50.2 Å². The van der Waals surface area contributed by atoms with Crippen LogP contribution in [0.5, 0.6) is 0 Å². The lowest BCUT2D eigenvalue weighted by Gasteiger charge is -2.08. The average molecular weight is 497 g/mol. The van der Waals surface area contributed by atoms with Gasteiger partial charge < -0.3 is 10.1 Å². The molecule has 176 valence electrons. The van der Waals surface area contributed by atoms with E-state index in [2.05, 4.69) is 15.3 Å². The van der Waals surface area contributed by atoms with Crippen molar-refractivity contribution in [3.05, 3.63) is 63.1 Å². The molecule has 0 aliphatic carbocycles. The number of carbonyl (C=O) groups excluding carboxylic acids is 2. The number of hydrogen-bond acceptors (Lipinski definition) is 8. The number of rotatable bonds is 7. The molecular formula is C24H24N4O4S2. The molecule has 1 N–H and O–H groups in total. The van der Waals surface area contributed by atoms with Crippen molar-refractivity contribution < 1.29 is 14.3 Å². The van der Waals surface area contributed by atoms with Gasteiger partial charge in [-0.05, 0) is 31.4 Å². The lowest BCUT2D eigenvalue weighted by Crippen LogP contribution is -2.29. The summed E-state index contributed by atoms with van der Waals surface area (Å²) in [6.45, 7) is 7.39. The van der Waals surface area contributed by atoms with Crippen LogP contribution < -0.4 is 10.9 Å². The summed E-state index contributed by atoms with van der Waals surface area (Å²) in [5.41, 5.74) is 1.22. The van der Waals surface area contributed by atoms with Crippen LogP contribution in [0.15, 0.2) is 41.2 Å². The molecule has 8 nitrogen and oxygen atoms in total. The average Bonchev–Trinajstić information content (AvgIpc) is 3.39. The van der Waals surface area contributed by atoms with E-state index in [4.69, 9.17) is 4.74 Å². The molecule has 0 saturated carbocycles. The summed E-state index contributed by atoms with van der Waals surface area (Å²) in [4.78, 5) is 48.8. The van der Waals surface area contributed by atoms with Crippen LogP contribution in [0.1, 0.15) is 35.0 Å². The van der Waals surface area contributed by atoms with Crippen molar-refractivity contribution in [3.63, 3.8) is 0 Å². The molecular weight excluding hydrogens is 472 g/mol. The molecule has 1 aromatic carbocycles.